The van der Waals surface area contributed by atoms with E-state index in [4.69, 9.17) is 10.5 Å². The molecule has 0 radical (unpaired) electrons. The van der Waals surface area contributed by atoms with Crippen LogP contribution in [0, 0.1) is 5.92 Å². The highest BCUT2D eigenvalue weighted by atomic mass is 16.5. The Morgan fingerprint density at radius 2 is 2.07 bits per heavy atom. The first-order valence-electron chi connectivity index (χ1n) is 5.73. The van der Waals surface area contributed by atoms with Gasteiger partial charge in [-0.2, -0.15) is 0 Å². The van der Waals surface area contributed by atoms with Gasteiger partial charge < -0.3 is 10.5 Å². The van der Waals surface area contributed by atoms with Gasteiger partial charge in [-0.15, -0.1) is 0 Å². The van der Waals surface area contributed by atoms with Crippen LogP contribution in [-0.2, 0) is 0 Å². The SMILES string of the molecule is COc1ccc2c(c1)C(N)CC2C1CC1. The average molecular weight is 203 g/mol. The third kappa shape index (κ3) is 1.44. The molecule has 0 amide bonds. The van der Waals surface area contributed by atoms with Gasteiger partial charge in [-0.05, 0) is 54.4 Å². The van der Waals surface area contributed by atoms with Crippen molar-refractivity contribution in [3.63, 3.8) is 0 Å². The Balaban J connectivity index is 2.00. The van der Waals surface area contributed by atoms with E-state index >= 15 is 0 Å². The number of ether oxygens (including phenoxy) is 1. The van der Waals surface area contributed by atoms with Gasteiger partial charge in [-0.1, -0.05) is 6.07 Å². The molecule has 3 rings (SSSR count). The lowest BCUT2D eigenvalue weighted by atomic mass is 9.96. The molecule has 15 heavy (non-hydrogen) atoms. The van der Waals surface area contributed by atoms with Crippen LogP contribution in [0.4, 0.5) is 0 Å². The molecule has 1 saturated carbocycles. The molecule has 0 aromatic heterocycles. The van der Waals surface area contributed by atoms with Crippen LogP contribution in [0.15, 0.2) is 18.2 Å². The summed E-state index contributed by atoms with van der Waals surface area (Å²) in [5, 5.41) is 0. The smallest absolute Gasteiger partial charge is 0.119 e. The molecule has 2 nitrogen and oxygen atoms in total. The minimum Gasteiger partial charge on any atom is -0.497 e. The third-order valence-corrected chi connectivity index (χ3v) is 3.79. The molecule has 80 valence electrons. The Hall–Kier alpha value is -1.02. The van der Waals surface area contributed by atoms with Crippen molar-refractivity contribution < 1.29 is 4.74 Å². The summed E-state index contributed by atoms with van der Waals surface area (Å²) >= 11 is 0. The Kier molecular flexibility index (Phi) is 1.99. The van der Waals surface area contributed by atoms with E-state index in [0.717, 1.165) is 24.0 Å². The number of rotatable bonds is 2. The molecule has 0 saturated heterocycles. The van der Waals surface area contributed by atoms with Crippen LogP contribution in [0.3, 0.4) is 0 Å². The minimum absolute atomic E-state index is 0.223. The summed E-state index contributed by atoms with van der Waals surface area (Å²) in [6.45, 7) is 0. The van der Waals surface area contributed by atoms with Gasteiger partial charge >= 0.3 is 0 Å². The second-order valence-corrected chi connectivity index (χ2v) is 4.78. The number of benzene rings is 1. The summed E-state index contributed by atoms with van der Waals surface area (Å²) in [6.07, 6.45) is 3.92. The van der Waals surface area contributed by atoms with E-state index in [9.17, 15) is 0 Å². The van der Waals surface area contributed by atoms with Crippen molar-refractivity contribution in [2.24, 2.45) is 11.7 Å². The van der Waals surface area contributed by atoms with E-state index in [2.05, 4.69) is 18.2 Å². The van der Waals surface area contributed by atoms with Gasteiger partial charge in [-0.25, -0.2) is 0 Å². The van der Waals surface area contributed by atoms with Crippen LogP contribution in [-0.4, -0.2) is 7.11 Å². The van der Waals surface area contributed by atoms with Gasteiger partial charge in [0.15, 0.2) is 0 Å². The lowest BCUT2D eigenvalue weighted by Crippen LogP contribution is -2.06. The maximum atomic E-state index is 6.17. The molecular weight excluding hydrogens is 186 g/mol. The van der Waals surface area contributed by atoms with Crippen LogP contribution < -0.4 is 10.5 Å². The summed E-state index contributed by atoms with van der Waals surface area (Å²) in [7, 11) is 1.71. The van der Waals surface area contributed by atoms with Crippen molar-refractivity contribution in [2.45, 2.75) is 31.2 Å². The quantitative estimate of drug-likeness (QED) is 0.801. The molecule has 0 bridgehead atoms. The average Bonchev–Trinajstić information content (AvgIpc) is 3.05. The van der Waals surface area contributed by atoms with Crippen molar-refractivity contribution >= 4 is 0 Å². The first-order valence-corrected chi connectivity index (χ1v) is 5.73. The number of fused-ring (bicyclic) bond motifs is 1. The number of hydrogen-bond acceptors (Lipinski definition) is 2. The summed E-state index contributed by atoms with van der Waals surface area (Å²) in [5.74, 6) is 2.56. The fourth-order valence-corrected chi connectivity index (χ4v) is 2.81. The summed E-state index contributed by atoms with van der Waals surface area (Å²) in [4.78, 5) is 0. The van der Waals surface area contributed by atoms with Crippen LogP contribution in [0.1, 0.15) is 42.3 Å². The highest BCUT2D eigenvalue weighted by Crippen LogP contribution is 2.52. The molecule has 2 heteroatoms. The van der Waals surface area contributed by atoms with Gasteiger partial charge in [0, 0.05) is 6.04 Å². The van der Waals surface area contributed by atoms with E-state index in [1.54, 1.807) is 7.11 Å². The summed E-state index contributed by atoms with van der Waals surface area (Å²) < 4.78 is 5.24. The molecule has 1 aromatic carbocycles. The monoisotopic (exact) mass is 203 g/mol. The third-order valence-electron chi connectivity index (χ3n) is 3.79. The molecule has 2 atom stereocenters. The normalized spacial score (nSPS) is 28.9. The molecule has 0 spiro atoms. The molecule has 2 aliphatic carbocycles. The van der Waals surface area contributed by atoms with Crippen molar-refractivity contribution in [3.05, 3.63) is 29.3 Å². The van der Waals surface area contributed by atoms with Crippen LogP contribution in [0.2, 0.25) is 0 Å². The molecule has 2 unspecified atom stereocenters. The first kappa shape index (κ1) is 9.22. The van der Waals surface area contributed by atoms with Gasteiger partial charge in [0.1, 0.15) is 5.75 Å². The lowest BCUT2D eigenvalue weighted by Gasteiger charge is -2.09. The lowest BCUT2D eigenvalue weighted by molar-refractivity contribution is 0.414. The van der Waals surface area contributed by atoms with Gasteiger partial charge in [-0.3, -0.25) is 0 Å². The predicted octanol–water partition coefficient (Wildman–Crippen LogP) is 2.59. The topological polar surface area (TPSA) is 35.2 Å². The fraction of sp³-hybridized carbons (Fsp3) is 0.538. The van der Waals surface area contributed by atoms with Crippen molar-refractivity contribution in [1.29, 1.82) is 0 Å². The molecule has 0 heterocycles. The van der Waals surface area contributed by atoms with Crippen molar-refractivity contribution in [1.82, 2.24) is 0 Å². The zero-order valence-corrected chi connectivity index (χ0v) is 9.07. The summed E-state index contributed by atoms with van der Waals surface area (Å²) in [6, 6.07) is 6.61. The maximum Gasteiger partial charge on any atom is 0.119 e. The Bertz CT molecular complexity index is 384. The largest absolute Gasteiger partial charge is 0.497 e. The van der Waals surface area contributed by atoms with Gasteiger partial charge in [0.25, 0.3) is 0 Å². The Morgan fingerprint density at radius 3 is 2.73 bits per heavy atom. The molecule has 2 N–H and O–H groups in total. The molecule has 2 aliphatic rings. The van der Waals surface area contributed by atoms with E-state index < -0.39 is 0 Å². The minimum atomic E-state index is 0.223. The fourth-order valence-electron chi connectivity index (χ4n) is 2.81. The second-order valence-electron chi connectivity index (χ2n) is 4.78. The number of nitrogens with two attached hydrogens (primary N) is 1. The molecule has 1 aromatic rings. The molecular formula is C13H17NO. The highest BCUT2D eigenvalue weighted by Gasteiger charge is 2.39. The number of hydrogen-bond donors (Lipinski definition) is 1. The maximum absolute atomic E-state index is 6.17. The van der Waals surface area contributed by atoms with Crippen molar-refractivity contribution in [2.75, 3.05) is 7.11 Å². The molecule has 1 fully saturated rings. The van der Waals surface area contributed by atoms with E-state index in [-0.39, 0.29) is 6.04 Å². The first-order chi connectivity index (χ1) is 7.29. The van der Waals surface area contributed by atoms with Gasteiger partial charge in [0.05, 0.1) is 7.11 Å². The summed E-state index contributed by atoms with van der Waals surface area (Å²) in [5.41, 5.74) is 8.96. The predicted molar refractivity (Wildman–Crippen MR) is 60.0 cm³/mol. The van der Waals surface area contributed by atoms with E-state index in [1.165, 1.54) is 24.0 Å². The molecule has 0 aliphatic heterocycles. The zero-order chi connectivity index (χ0) is 10.4. The number of methoxy groups -OCH3 is 1. The standard InChI is InChI=1S/C13H17NO/c1-15-9-4-5-10-11(8-2-3-8)7-13(14)12(10)6-9/h4-6,8,11,13H,2-3,7,14H2,1H3. The van der Waals surface area contributed by atoms with Crippen LogP contribution >= 0.6 is 0 Å². The van der Waals surface area contributed by atoms with Gasteiger partial charge in [0.2, 0.25) is 0 Å². The van der Waals surface area contributed by atoms with E-state index in [0.29, 0.717) is 0 Å². The Morgan fingerprint density at radius 1 is 1.27 bits per heavy atom. The Labute approximate surface area is 90.4 Å². The zero-order valence-electron chi connectivity index (χ0n) is 9.07. The van der Waals surface area contributed by atoms with Crippen LogP contribution in [0.5, 0.6) is 5.75 Å². The van der Waals surface area contributed by atoms with E-state index in [1.807, 2.05) is 0 Å². The highest BCUT2D eigenvalue weighted by molar-refractivity contribution is 5.44. The van der Waals surface area contributed by atoms with Crippen LogP contribution in [0.25, 0.3) is 0 Å². The second kappa shape index (κ2) is 3.24. The van der Waals surface area contributed by atoms with Crippen molar-refractivity contribution in [3.8, 4) is 5.75 Å².